The molecule has 21 heavy (non-hydrogen) atoms. The van der Waals surface area contributed by atoms with E-state index in [0.717, 1.165) is 25.2 Å². The normalized spacial score (nSPS) is 40.1. The topological polar surface area (TPSA) is 30.5 Å². The summed E-state index contributed by atoms with van der Waals surface area (Å²) in [7, 11) is 3.99. The molecule has 124 valence electrons. The average molecular weight is 297 g/mol. The molecule has 0 amide bonds. The van der Waals surface area contributed by atoms with Crippen molar-refractivity contribution >= 4 is 0 Å². The largest absolute Gasteiger partial charge is 0.377 e. The third-order valence-corrected chi connectivity index (χ3v) is 5.82. The summed E-state index contributed by atoms with van der Waals surface area (Å²) in [5.41, 5.74) is -0.194. The van der Waals surface area contributed by atoms with Gasteiger partial charge >= 0.3 is 0 Å². The molecule has 1 N–H and O–H groups in total. The van der Waals surface area contributed by atoms with Gasteiger partial charge in [0.15, 0.2) is 0 Å². The lowest BCUT2D eigenvalue weighted by Crippen LogP contribution is -2.59. The van der Waals surface area contributed by atoms with Crippen LogP contribution in [0.1, 0.15) is 66.7 Å². The minimum absolute atomic E-state index is 0.0432. The highest BCUT2D eigenvalue weighted by molar-refractivity contribution is 5.07. The Bertz CT molecular complexity index is 366. The Morgan fingerprint density at radius 2 is 1.86 bits per heavy atom. The average Bonchev–Trinajstić information content (AvgIpc) is 2.58. The molecule has 1 aliphatic heterocycles. The van der Waals surface area contributed by atoms with Crippen molar-refractivity contribution < 1.29 is 9.47 Å². The molecule has 1 heterocycles. The lowest BCUT2D eigenvalue weighted by molar-refractivity contribution is -0.119. The third-order valence-electron chi connectivity index (χ3n) is 5.82. The summed E-state index contributed by atoms with van der Waals surface area (Å²) < 4.78 is 12.5. The van der Waals surface area contributed by atoms with Gasteiger partial charge in [-0.2, -0.15) is 0 Å². The van der Waals surface area contributed by atoms with E-state index in [9.17, 15) is 0 Å². The van der Waals surface area contributed by atoms with E-state index >= 15 is 0 Å². The molecule has 4 unspecified atom stereocenters. The number of ether oxygens (including phenoxy) is 2. The van der Waals surface area contributed by atoms with E-state index in [-0.39, 0.29) is 16.8 Å². The molecule has 0 spiro atoms. The molecular formula is C18H35NO2. The monoisotopic (exact) mass is 297 g/mol. The second kappa shape index (κ2) is 5.82. The minimum Gasteiger partial charge on any atom is -0.377 e. The molecule has 2 aliphatic rings. The first-order chi connectivity index (χ1) is 9.66. The molecule has 0 aromatic carbocycles. The van der Waals surface area contributed by atoms with Crippen molar-refractivity contribution in [3.8, 4) is 0 Å². The van der Waals surface area contributed by atoms with Gasteiger partial charge in [0, 0.05) is 19.1 Å². The van der Waals surface area contributed by atoms with Crippen LogP contribution in [0.25, 0.3) is 0 Å². The Balaban J connectivity index is 2.29. The van der Waals surface area contributed by atoms with Gasteiger partial charge in [-0.15, -0.1) is 0 Å². The summed E-state index contributed by atoms with van der Waals surface area (Å²) in [6.07, 6.45) is 6.00. The molecule has 0 aromatic heterocycles. The van der Waals surface area contributed by atoms with Gasteiger partial charge in [-0.25, -0.2) is 0 Å². The van der Waals surface area contributed by atoms with Crippen LogP contribution in [0, 0.1) is 11.8 Å². The standard InChI is InChI=1S/C18H35NO2/c1-13-9-8-10-18(11-13,20-7)15(19-6)14-12-16(2,3)21-17(14,4)5/h13-15,19H,8-12H2,1-7H3. The van der Waals surface area contributed by atoms with Crippen LogP contribution < -0.4 is 5.32 Å². The molecule has 1 aliphatic carbocycles. The number of nitrogens with one attached hydrogen (secondary N) is 1. The van der Waals surface area contributed by atoms with E-state index in [1.54, 1.807) is 0 Å². The van der Waals surface area contributed by atoms with Crippen LogP contribution in [0.4, 0.5) is 0 Å². The van der Waals surface area contributed by atoms with E-state index in [2.05, 4.69) is 47.0 Å². The lowest BCUT2D eigenvalue weighted by Gasteiger charge is -2.48. The highest BCUT2D eigenvalue weighted by Gasteiger charge is 2.55. The first kappa shape index (κ1) is 17.2. The summed E-state index contributed by atoms with van der Waals surface area (Å²) in [4.78, 5) is 0. The van der Waals surface area contributed by atoms with Gasteiger partial charge < -0.3 is 14.8 Å². The van der Waals surface area contributed by atoms with Crippen molar-refractivity contribution in [2.45, 2.75) is 89.6 Å². The molecule has 4 atom stereocenters. The Labute approximate surface area is 131 Å². The van der Waals surface area contributed by atoms with Crippen LogP contribution >= 0.6 is 0 Å². The Morgan fingerprint density at radius 1 is 1.19 bits per heavy atom. The zero-order valence-electron chi connectivity index (χ0n) is 15.1. The number of hydrogen-bond acceptors (Lipinski definition) is 3. The maximum Gasteiger partial charge on any atom is 0.0837 e. The van der Waals surface area contributed by atoms with E-state index < -0.39 is 0 Å². The smallest absolute Gasteiger partial charge is 0.0837 e. The first-order valence-corrected chi connectivity index (χ1v) is 8.58. The van der Waals surface area contributed by atoms with Crippen LogP contribution in [-0.2, 0) is 9.47 Å². The number of methoxy groups -OCH3 is 1. The molecule has 3 heteroatoms. The predicted octanol–water partition coefficient (Wildman–Crippen LogP) is 3.76. The highest BCUT2D eigenvalue weighted by Crippen LogP contribution is 2.49. The number of hydrogen-bond donors (Lipinski definition) is 1. The van der Waals surface area contributed by atoms with E-state index in [1.165, 1.54) is 12.8 Å². The molecule has 0 radical (unpaired) electrons. The van der Waals surface area contributed by atoms with Crippen molar-refractivity contribution in [1.29, 1.82) is 0 Å². The van der Waals surface area contributed by atoms with Crippen LogP contribution in [0.5, 0.6) is 0 Å². The second-order valence-electron chi connectivity index (χ2n) is 8.51. The van der Waals surface area contributed by atoms with Crippen molar-refractivity contribution in [3.63, 3.8) is 0 Å². The summed E-state index contributed by atoms with van der Waals surface area (Å²) in [6, 6.07) is 0.349. The highest BCUT2D eigenvalue weighted by atomic mass is 16.5. The zero-order chi connectivity index (χ0) is 15.9. The molecule has 0 bridgehead atoms. The van der Waals surface area contributed by atoms with E-state index in [4.69, 9.17) is 9.47 Å². The minimum atomic E-state index is -0.108. The molecule has 2 rings (SSSR count). The summed E-state index contributed by atoms with van der Waals surface area (Å²) in [5.74, 6) is 1.22. The van der Waals surface area contributed by atoms with Gasteiger partial charge in [-0.05, 0) is 59.9 Å². The van der Waals surface area contributed by atoms with Crippen LogP contribution in [0.3, 0.4) is 0 Å². The number of likely N-dealkylation sites (N-methyl/N-ethyl adjacent to an activating group) is 1. The first-order valence-electron chi connectivity index (χ1n) is 8.58. The van der Waals surface area contributed by atoms with E-state index in [0.29, 0.717) is 12.0 Å². The van der Waals surface area contributed by atoms with Gasteiger partial charge in [0.25, 0.3) is 0 Å². The molecule has 3 nitrogen and oxygen atoms in total. The van der Waals surface area contributed by atoms with Gasteiger partial charge in [0.2, 0.25) is 0 Å². The summed E-state index contributed by atoms with van der Waals surface area (Å²) in [6.45, 7) is 11.3. The second-order valence-corrected chi connectivity index (χ2v) is 8.51. The fourth-order valence-electron chi connectivity index (χ4n) is 5.09. The van der Waals surface area contributed by atoms with Crippen molar-refractivity contribution in [2.75, 3.05) is 14.2 Å². The van der Waals surface area contributed by atoms with E-state index in [1.807, 2.05) is 7.11 Å². The molecule has 2 fully saturated rings. The quantitative estimate of drug-likeness (QED) is 0.857. The fraction of sp³-hybridized carbons (Fsp3) is 1.00. The SMILES string of the molecule is CNC(C1CC(C)(C)OC1(C)C)C1(OC)CCCC(C)C1. The summed E-state index contributed by atoms with van der Waals surface area (Å²) >= 11 is 0. The fourth-order valence-corrected chi connectivity index (χ4v) is 5.09. The van der Waals surface area contributed by atoms with Crippen LogP contribution in [0.2, 0.25) is 0 Å². The predicted molar refractivity (Wildman–Crippen MR) is 87.6 cm³/mol. The summed E-state index contributed by atoms with van der Waals surface area (Å²) in [5, 5.41) is 3.61. The Morgan fingerprint density at radius 3 is 2.29 bits per heavy atom. The molecule has 1 saturated heterocycles. The maximum atomic E-state index is 6.34. The molecule has 1 saturated carbocycles. The van der Waals surface area contributed by atoms with Gasteiger partial charge in [-0.1, -0.05) is 19.8 Å². The van der Waals surface area contributed by atoms with Crippen molar-refractivity contribution in [1.82, 2.24) is 5.32 Å². The Kier molecular flexibility index (Phi) is 4.78. The third kappa shape index (κ3) is 3.30. The van der Waals surface area contributed by atoms with Crippen molar-refractivity contribution in [2.24, 2.45) is 11.8 Å². The molecular weight excluding hydrogens is 262 g/mol. The van der Waals surface area contributed by atoms with Gasteiger partial charge in [0.05, 0.1) is 16.8 Å². The maximum absolute atomic E-state index is 6.34. The lowest BCUT2D eigenvalue weighted by atomic mass is 9.67. The van der Waals surface area contributed by atoms with Crippen LogP contribution in [-0.4, -0.2) is 37.0 Å². The van der Waals surface area contributed by atoms with Gasteiger partial charge in [0.1, 0.15) is 0 Å². The Hall–Kier alpha value is -0.120. The zero-order valence-corrected chi connectivity index (χ0v) is 15.1. The number of rotatable bonds is 4. The van der Waals surface area contributed by atoms with Crippen molar-refractivity contribution in [3.05, 3.63) is 0 Å². The molecule has 0 aromatic rings. The van der Waals surface area contributed by atoms with Crippen LogP contribution in [0.15, 0.2) is 0 Å². The van der Waals surface area contributed by atoms with Gasteiger partial charge in [-0.3, -0.25) is 0 Å².